The van der Waals surface area contributed by atoms with E-state index in [4.69, 9.17) is 30.0 Å². The fourth-order valence-electron chi connectivity index (χ4n) is 5.04. The maximum atomic E-state index is 16.3. The lowest BCUT2D eigenvalue weighted by molar-refractivity contribution is -0.0449. The quantitative estimate of drug-likeness (QED) is 0.226. The summed E-state index contributed by atoms with van der Waals surface area (Å²) in [6.07, 6.45) is -1.01. The van der Waals surface area contributed by atoms with E-state index in [0.29, 0.717) is 5.92 Å². The fraction of sp³-hybridized carbons (Fsp3) is 0.769. The Morgan fingerprint density at radius 2 is 2.08 bits per heavy atom. The number of aromatic nitrogens is 2. The molecule has 220 valence electrons. The minimum absolute atomic E-state index is 0.0653. The monoisotopic (exact) mass is 620 g/mol. The summed E-state index contributed by atoms with van der Waals surface area (Å²) in [5.41, 5.74) is -2.82. The van der Waals surface area contributed by atoms with Crippen molar-refractivity contribution in [2.24, 2.45) is 5.92 Å². The third-order valence-electron chi connectivity index (χ3n) is 8.79. The van der Waals surface area contributed by atoms with Crippen molar-refractivity contribution in [3.63, 3.8) is 0 Å². The summed E-state index contributed by atoms with van der Waals surface area (Å²) in [6.45, 7) is 20.6. The molecule has 39 heavy (non-hydrogen) atoms. The van der Waals surface area contributed by atoms with Gasteiger partial charge in [0.25, 0.3) is 5.56 Å². The second-order valence-electron chi connectivity index (χ2n) is 12.9. The second-order valence-corrected chi connectivity index (χ2v) is 24.3. The molecule has 0 bridgehead atoms. The number of halogens is 1. The highest BCUT2D eigenvalue weighted by molar-refractivity contribution is 8.68. The van der Waals surface area contributed by atoms with E-state index in [2.05, 4.69) is 52.4 Å². The second kappa shape index (κ2) is 10.9. The molecule has 3 fully saturated rings. The predicted octanol–water partition coefficient (Wildman–Crippen LogP) is 5.98. The number of ether oxygens (including phenoxy) is 1. The fourth-order valence-corrected chi connectivity index (χ4v) is 13.6. The Kier molecular flexibility index (Phi) is 8.77. The first-order valence-electron chi connectivity index (χ1n) is 13.4. The van der Waals surface area contributed by atoms with Crippen molar-refractivity contribution in [3.05, 3.63) is 44.8 Å². The van der Waals surface area contributed by atoms with Crippen molar-refractivity contribution in [2.45, 2.75) is 114 Å². The molecular weight excluding hydrogens is 578 g/mol. The summed E-state index contributed by atoms with van der Waals surface area (Å²) in [5, 5.41) is -0.0653. The zero-order chi connectivity index (χ0) is 29.1. The number of rotatable bonds is 7. The van der Waals surface area contributed by atoms with Crippen LogP contribution in [0, 0.1) is 12.8 Å². The maximum Gasteiger partial charge on any atom is 0.330 e. The van der Waals surface area contributed by atoms with Crippen LogP contribution in [0.3, 0.4) is 0 Å². The van der Waals surface area contributed by atoms with Gasteiger partial charge < -0.3 is 18.2 Å². The summed E-state index contributed by atoms with van der Waals surface area (Å²) in [5.74, 6) is 0.361. The number of alkyl halides is 1. The van der Waals surface area contributed by atoms with Gasteiger partial charge in [-0.15, -0.1) is 0 Å². The molecule has 0 spiro atoms. The van der Waals surface area contributed by atoms with E-state index >= 15 is 4.39 Å². The zero-order valence-electron chi connectivity index (χ0n) is 24.1. The summed E-state index contributed by atoms with van der Waals surface area (Å²) >= 11 is 7.49. The van der Waals surface area contributed by atoms with Gasteiger partial charge in [0.15, 0.2) is 20.7 Å². The molecule has 8 nitrogen and oxygen atoms in total. The SMILES string of the molecule is C=C(C)[C@H]1CC[C@@]2(C)S[P@](=S)(O[C@H]3[C@@H](F)[C@H](n4cc(C)c(=O)[nH]c4=O)O[C@@H]3CO[Si](C)(C)C(C)(C)C)O[C@@H]2C1. The molecule has 1 aromatic rings. The van der Waals surface area contributed by atoms with Crippen LogP contribution in [0.4, 0.5) is 4.39 Å². The van der Waals surface area contributed by atoms with Crippen LogP contribution in [0.1, 0.15) is 65.7 Å². The Bertz CT molecular complexity index is 1280. The average molecular weight is 621 g/mol. The van der Waals surface area contributed by atoms with Crippen LogP contribution >= 0.6 is 17.1 Å². The molecule has 1 saturated carbocycles. The number of H-pyrrole nitrogens is 1. The topological polar surface area (TPSA) is 91.8 Å². The molecule has 0 unspecified atom stereocenters. The van der Waals surface area contributed by atoms with E-state index in [-0.39, 0.29) is 28.1 Å². The molecule has 0 radical (unpaired) electrons. The molecule has 2 saturated heterocycles. The van der Waals surface area contributed by atoms with Crippen LogP contribution < -0.4 is 11.2 Å². The first-order valence-corrected chi connectivity index (χ1v) is 20.4. The third-order valence-corrected chi connectivity index (χ3v) is 19.0. The number of nitrogens with zero attached hydrogens (tertiary/aromatic N) is 1. The summed E-state index contributed by atoms with van der Waals surface area (Å²) in [4.78, 5) is 26.8. The van der Waals surface area contributed by atoms with Gasteiger partial charge in [0.05, 0.1) is 12.7 Å². The largest absolute Gasteiger partial charge is 0.414 e. The maximum absolute atomic E-state index is 16.3. The van der Waals surface area contributed by atoms with Crippen LogP contribution in [0.5, 0.6) is 0 Å². The number of fused-ring (bicyclic) bond motifs is 1. The number of nitrogens with one attached hydrogen (secondary N) is 1. The highest BCUT2D eigenvalue weighted by Crippen LogP contribution is 2.76. The van der Waals surface area contributed by atoms with Gasteiger partial charge in [0.2, 0.25) is 5.69 Å². The van der Waals surface area contributed by atoms with Gasteiger partial charge in [-0.1, -0.05) is 44.3 Å². The van der Waals surface area contributed by atoms with Gasteiger partial charge in [-0.3, -0.25) is 14.3 Å². The zero-order valence-corrected chi connectivity index (χ0v) is 27.6. The van der Waals surface area contributed by atoms with Crippen LogP contribution in [0.2, 0.25) is 18.1 Å². The first kappa shape index (κ1) is 31.3. The first-order chi connectivity index (χ1) is 17.9. The predicted molar refractivity (Wildman–Crippen MR) is 160 cm³/mol. The standard InChI is InChI=1S/C26H42FN2O6PS2Si/c1-15(2)17-10-11-26(7)19(12-17)34-36(37,38-26)35-21-18(14-32-39(8,9)25(4,5)6)33-23(20(21)27)29-13-16(3)22(30)28-24(29)31/h13,17-21,23H,1,10-12,14H2,2-9H3,(H,28,30,31)/t17-,18+,19+,20+,21+,23+,26+,36-/m0/s1. The van der Waals surface area contributed by atoms with E-state index < -0.39 is 49.9 Å². The van der Waals surface area contributed by atoms with Crippen LogP contribution in [0.15, 0.2) is 27.9 Å². The van der Waals surface area contributed by atoms with Gasteiger partial charge in [0.1, 0.15) is 12.2 Å². The van der Waals surface area contributed by atoms with Crippen molar-refractivity contribution < 1.29 is 22.6 Å². The van der Waals surface area contributed by atoms with Gasteiger partial charge in [-0.2, -0.15) is 0 Å². The third kappa shape index (κ3) is 6.28. The molecule has 3 heterocycles. The molecule has 4 rings (SSSR count). The average Bonchev–Trinajstić information content (AvgIpc) is 3.25. The van der Waals surface area contributed by atoms with Gasteiger partial charge in [-0.25, -0.2) is 9.18 Å². The van der Waals surface area contributed by atoms with Crippen molar-refractivity contribution in [2.75, 3.05) is 6.61 Å². The summed E-state index contributed by atoms with van der Waals surface area (Å²) in [7, 11) is -2.21. The lowest BCUT2D eigenvalue weighted by Crippen LogP contribution is -2.44. The summed E-state index contributed by atoms with van der Waals surface area (Å²) < 4.78 is 42.5. The number of aromatic amines is 1. The Morgan fingerprint density at radius 1 is 1.41 bits per heavy atom. The molecule has 13 heteroatoms. The van der Waals surface area contributed by atoms with Crippen LogP contribution in [-0.2, 0) is 30.0 Å². The van der Waals surface area contributed by atoms with Crippen molar-refractivity contribution in [1.29, 1.82) is 0 Å². The Morgan fingerprint density at radius 3 is 2.69 bits per heavy atom. The Hall–Kier alpha value is -0.593. The molecule has 0 amide bonds. The minimum Gasteiger partial charge on any atom is -0.414 e. The molecule has 3 aliphatic rings. The summed E-state index contributed by atoms with van der Waals surface area (Å²) in [6, 6.07) is 0. The van der Waals surface area contributed by atoms with E-state index in [9.17, 15) is 9.59 Å². The van der Waals surface area contributed by atoms with E-state index in [1.807, 2.05) is 6.92 Å². The molecule has 8 atom stereocenters. The van der Waals surface area contributed by atoms with Crippen LogP contribution in [-0.4, -0.2) is 53.7 Å². The molecule has 2 aliphatic heterocycles. The molecule has 1 aromatic heterocycles. The lowest BCUT2D eigenvalue weighted by Gasteiger charge is -2.37. The lowest BCUT2D eigenvalue weighted by atomic mass is 9.77. The molecule has 0 aromatic carbocycles. The number of aryl methyl sites for hydroxylation is 1. The van der Waals surface area contributed by atoms with Crippen molar-refractivity contribution in [1.82, 2.24) is 9.55 Å². The molecule has 1 aliphatic carbocycles. The normalized spacial score (nSPS) is 37.2. The van der Waals surface area contributed by atoms with Gasteiger partial charge in [0, 0.05) is 16.5 Å². The van der Waals surface area contributed by atoms with E-state index in [1.165, 1.54) is 17.6 Å². The minimum atomic E-state index is -2.95. The highest BCUT2D eigenvalue weighted by atomic mass is 32.9. The van der Waals surface area contributed by atoms with Gasteiger partial charge in [-0.05, 0) is 75.9 Å². The van der Waals surface area contributed by atoms with Gasteiger partial charge >= 0.3 is 5.69 Å². The number of allylic oxidation sites excluding steroid dienone is 1. The molecule has 1 N–H and O–H groups in total. The van der Waals surface area contributed by atoms with E-state index in [1.54, 1.807) is 6.92 Å². The Balaban J connectivity index is 1.62. The smallest absolute Gasteiger partial charge is 0.330 e. The van der Waals surface area contributed by atoms with E-state index in [0.717, 1.165) is 29.4 Å². The number of hydrogen-bond donors (Lipinski definition) is 1. The Labute approximate surface area is 240 Å². The van der Waals surface area contributed by atoms with Crippen LogP contribution in [0.25, 0.3) is 0 Å². The molecular formula is C26H42FN2O6PS2Si. The number of hydrogen-bond acceptors (Lipinski definition) is 8. The van der Waals surface area contributed by atoms with Crippen molar-refractivity contribution in [3.8, 4) is 0 Å². The van der Waals surface area contributed by atoms with Crippen molar-refractivity contribution >= 4 is 37.2 Å². The highest BCUT2D eigenvalue weighted by Gasteiger charge is 2.57.